The predicted octanol–water partition coefficient (Wildman–Crippen LogP) is 6.07. The molecule has 2 amide bonds. The highest BCUT2D eigenvalue weighted by molar-refractivity contribution is 5.95. The molecule has 8 nitrogen and oxygen atoms in total. The van der Waals surface area contributed by atoms with Crippen LogP contribution in [0.25, 0.3) is 10.8 Å². The molecule has 0 aliphatic rings. The molecule has 44 heavy (non-hydrogen) atoms. The molecule has 0 fully saturated rings. The molecule has 0 aliphatic carbocycles. The Hall–Kier alpha value is -4.20. The summed E-state index contributed by atoms with van der Waals surface area (Å²) in [4.78, 5) is 53.5. The Bertz CT molecular complexity index is 1420. The molecule has 2 N–H and O–H groups in total. The van der Waals surface area contributed by atoms with Gasteiger partial charge in [0.2, 0.25) is 11.8 Å². The van der Waals surface area contributed by atoms with E-state index in [0.717, 1.165) is 16.3 Å². The standard InChI is InChI=1S/C36H46N2O6/c1-23(2)20-30(33(40)38-32(24(3)4)35(42)43-22-25-14-9-8-10-15-25)37-31(39)21-29(34(41)44-36(5,6)7)28-19-13-17-26-16-11-12-18-27(26)28/h8-19,23-24,29-30,32H,20-22H2,1-7H3,(H,37,39)(H,38,40)/t29?,30-,32-/m0/s1. The van der Waals surface area contributed by atoms with Crippen LogP contribution in [0.15, 0.2) is 72.8 Å². The van der Waals surface area contributed by atoms with Gasteiger partial charge < -0.3 is 20.1 Å². The van der Waals surface area contributed by atoms with E-state index >= 15 is 0 Å². The minimum Gasteiger partial charge on any atom is -0.459 e. The van der Waals surface area contributed by atoms with Crippen molar-refractivity contribution >= 4 is 34.5 Å². The van der Waals surface area contributed by atoms with E-state index in [0.29, 0.717) is 12.0 Å². The van der Waals surface area contributed by atoms with Crippen LogP contribution >= 0.6 is 0 Å². The van der Waals surface area contributed by atoms with Crippen LogP contribution in [0, 0.1) is 11.8 Å². The maximum Gasteiger partial charge on any atom is 0.329 e. The number of carbonyl (C=O) groups is 4. The van der Waals surface area contributed by atoms with E-state index < -0.39 is 47.4 Å². The molecule has 236 valence electrons. The fourth-order valence-corrected chi connectivity index (χ4v) is 4.96. The number of hydrogen-bond donors (Lipinski definition) is 2. The summed E-state index contributed by atoms with van der Waals surface area (Å²) in [5.41, 5.74) is 0.765. The molecule has 0 aliphatic heterocycles. The molecular weight excluding hydrogens is 556 g/mol. The Morgan fingerprint density at radius 3 is 2.05 bits per heavy atom. The van der Waals surface area contributed by atoms with E-state index in [-0.39, 0.29) is 24.9 Å². The first-order valence-electron chi connectivity index (χ1n) is 15.3. The highest BCUT2D eigenvalue weighted by Gasteiger charge is 2.33. The van der Waals surface area contributed by atoms with E-state index in [4.69, 9.17) is 9.47 Å². The molecule has 0 bridgehead atoms. The van der Waals surface area contributed by atoms with Crippen LogP contribution in [0.1, 0.15) is 78.4 Å². The third-order valence-corrected chi connectivity index (χ3v) is 7.08. The molecule has 0 heterocycles. The Labute approximate surface area is 260 Å². The number of benzene rings is 3. The average Bonchev–Trinajstić information content (AvgIpc) is 2.96. The van der Waals surface area contributed by atoms with Gasteiger partial charge in [-0.25, -0.2) is 4.79 Å². The maximum atomic E-state index is 13.6. The molecule has 3 rings (SSSR count). The number of ether oxygens (including phenoxy) is 2. The maximum absolute atomic E-state index is 13.6. The quantitative estimate of drug-likeness (QED) is 0.230. The fourth-order valence-electron chi connectivity index (χ4n) is 4.96. The summed E-state index contributed by atoms with van der Waals surface area (Å²) in [6.45, 7) is 13.0. The van der Waals surface area contributed by atoms with Crippen LogP contribution in [0.4, 0.5) is 0 Å². The van der Waals surface area contributed by atoms with Gasteiger partial charge in [0.25, 0.3) is 0 Å². The van der Waals surface area contributed by atoms with Crippen LogP contribution in [0.3, 0.4) is 0 Å². The van der Waals surface area contributed by atoms with Gasteiger partial charge in [0, 0.05) is 6.42 Å². The molecule has 0 radical (unpaired) electrons. The van der Waals surface area contributed by atoms with Gasteiger partial charge in [0.1, 0.15) is 24.3 Å². The van der Waals surface area contributed by atoms with Crippen LogP contribution in [0.2, 0.25) is 0 Å². The number of hydrogen-bond acceptors (Lipinski definition) is 6. The lowest BCUT2D eigenvalue weighted by molar-refractivity contribution is -0.158. The minimum atomic E-state index is -0.919. The van der Waals surface area contributed by atoms with E-state index in [1.165, 1.54) is 0 Å². The summed E-state index contributed by atoms with van der Waals surface area (Å²) in [6, 6.07) is 20.8. The second-order valence-corrected chi connectivity index (χ2v) is 12.9. The van der Waals surface area contributed by atoms with Crippen molar-refractivity contribution in [3.8, 4) is 0 Å². The first-order valence-corrected chi connectivity index (χ1v) is 15.3. The Kier molecular flexibility index (Phi) is 12.1. The van der Waals surface area contributed by atoms with Gasteiger partial charge in [-0.05, 0) is 60.9 Å². The second-order valence-electron chi connectivity index (χ2n) is 12.9. The van der Waals surface area contributed by atoms with Crippen molar-refractivity contribution < 1.29 is 28.7 Å². The van der Waals surface area contributed by atoms with Crippen molar-refractivity contribution in [2.75, 3.05) is 0 Å². The number of nitrogens with one attached hydrogen (secondary N) is 2. The summed E-state index contributed by atoms with van der Waals surface area (Å²) in [6.07, 6.45) is 0.129. The number of rotatable bonds is 13. The molecule has 3 aromatic rings. The normalized spacial score (nSPS) is 13.7. The molecule has 8 heteroatoms. The van der Waals surface area contributed by atoms with Crippen molar-refractivity contribution in [3.05, 3.63) is 83.9 Å². The first-order chi connectivity index (χ1) is 20.7. The molecular formula is C36H46N2O6. The Balaban J connectivity index is 1.79. The van der Waals surface area contributed by atoms with Crippen LogP contribution in [0.5, 0.6) is 0 Å². The second kappa shape index (κ2) is 15.5. The monoisotopic (exact) mass is 602 g/mol. The molecule has 0 saturated carbocycles. The van der Waals surface area contributed by atoms with Crippen LogP contribution in [-0.4, -0.2) is 41.4 Å². The smallest absolute Gasteiger partial charge is 0.329 e. The van der Waals surface area contributed by atoms with Gasteiger partial charge in [0.15, 0.2) is 0 Å². The van der Waals surface area contributed by atoms with Gasteiger partial charge in [-0.1, -0.05) is 100 Å². The number of amides is 2. The van der Waals surface area contributed by atoms with Crippen molar-refractivity contribution in [1.82, 2.24) is 10.6 Å². The Morgan fingerprint density at radius 2 is 1.41 bits per heavy atom. The average molecular weight is 603 g/mol. The van der Waals surface area contributed by atoms with Gasteiger partial charge in [-0.2, -0.15) is 0 Å². The van der Waals surface area contributed by atoms with Crippen molar-refractivity contribution in [2.45, 2.75) is 91.5 Å². The third-order valence-electron chi connectivity index (χ3n) is 7.08. The highest BCUT2D eigenvalue weighted by atomic mass is 16.6. The third kappa shape index (κ3) is 10.2. The van der Waals surface area contributed by atoms with E-state index in [9.17, 15) is 19.2 Å². The number of fused-ring (bicyclic) bond motifs is 1. The molecule has 0 spiro atoms. The summed E-state index contributed by atoms with van der Waals surface area (Å²) >= 11 is 0. The zero-order valence-corrected chi connectivity index (χ0v) is 26.9. The van der Waals surface area contributed by atoms with Gasteiger partial charge >= 0.3 is 11.9 Å². The number of esters is 2. The fraction of sp³-hybridized carbons (Fsp3) is 0.444. The van der Waals surface area contributed by atoms with E-state index in [2.05, 4.69) is 10.6 Å². The largest absolute Gasteiger partial charge is 0.459 e. The zero-order chi connectivity index (χ0) is 32.4. The zero-order valence-electron chi connectivity index (χ0n) is 26.9. The van der Waals surface area contributed by atoms with Crippen LogP contribution in [-0.2, 0) is 35.3 Å². The lowest BCUT2D eigenvalue weighted by Gasteiger charge is -2.27. The van der Waals surface area contributed by atoms with Crippen molar-refractivity contribution in [3.63, 3.8) is 0 Å². The van der Waals surface area contributed by atoms with E-state index in [1.807, 2.05) is 100 Å². The van der Waals surface area contributed by atoms with Crippen molar-refractivity contribution in [1.29, 1.82) is 0 Å². The summed E-state index contributed by atoms with van der Waals surface area (Å²) in [5.74, 6) is -3.10. The predicted molar refractivity (Wildman–Crippen MR) is 172 cm³/mol. The summed E-state index contributed by atoms with van der Waals surface area (Å²) in [7, 11) is 0. The van der Waals surface area contributed by atoms with Crippen molar-refractivity contribution in [2.24, 2.45) is 11.8 Å². The molecule has 0 aromatic heterocycles. The molecule has 3 aromatic carbocycles. The lowest BCUT2D eigenvalue weighted by atomic mass is 9.90. The van der Waals surface area contributed by atoms with Gasteiger partial charge in [-0.15, -0.1) is 0 Å². The summed E-state index contributed by atoms with van der Waals surface area (Å²) in [5, 5.41) is 7.44. The van der Waals surface area contributed by atoms with Gasteiger partial charge in [-0.3, -0.25) is 14.4 Å². The number of carbonyl (C=O) groups excluding carboxylic acids is 4. The SMILES string of the molecule is CC(C)C[C@H](NC(=O)CC(C(=O)OC(C)(C)C)c1cccc2ccccc12)C(=O)N[C@H](C(=O)OCc1ccccc1)C(C)C. The molecule has 1 unspecified atom stereocenters. The van der Waals surface area contributed by atoms with Crippen LogP contribution < -0.4 is 10.6 Å². The first kappa shape index (κ1) is 34.3. The topological polar surface area (TPSA) is 111 Å². The minimum absolute atomic E-state index is 0.0632. The van der Waals surface area contributed by atoms with Gasteiger partial charge in [0.05, 0.1) is 5.92 Å². The molecule has 3 atom stereocenters. The highest BCUT2D eigenvalue weighted by Crippen LogP contribution is 2.30. The summed E-state index contributed by atoms with van der Waals surface area (Å²) < 4.78 is 11.2. The van der Waals surface area contributed by atoms with E-state index in [1.54, 1.807) is 20.8 Å². The Morgan fingerprint density at radius 1 is 0.773 bits per heavy atom. The molecule has 0 saturated heterocycles. The lowest BCUT2D eigenvalue weighted by Crippen LogP contribution is -2.54.